The Morgan fingerprint density at radius 2 is 1.68 bits per heavy atom. The lowest BCUT2D eigenvalue weighted by Crippen LogP contribution is -2.40. The van der Waals surface area contributed by atoms with Crippen molar-refractivity contribution in [3.8, 4) is 5.75 Å². The van der Waals surface area contributed by atoms with Crippen molar-refractivity contribution >= 4 is 33.8 Å². The van der Waals surface area contributed by atoms with Crippen LogP contribution in [0.25, 0.3) is 16.5 Å². The van der Waals surface area contributed by atoms with Gasteiger partial charge in [0.15, 0.2) is 5.11 Å². The van der Waals surface area contributed by atoms with Crippen LogP contribution < -0.4 is 15.4 Å². The normalized spacial score (nSPS) is 16.8. The van der Waals surface area contributed by atoms with Crippen molar-refractivity contribution in [1.82, 2.24) is 10.6 Å². The highest BCUT2D eigenvalue weighted by Crippen LogP contribution is 2.26. The van der Waals surface area contributed by atoms with Gasteiger partial charge in [-0.25, -0.2) is 0 Å². The summed E-state index contributed by atoms with van der Waals surface area (Å²) in [6.45, 7) is 0. The van der Waals surface area contributed by atoms with Crippen molar-refractivity contribution in [2.24, 2.45) is 0 Å². The molecule has 1 atom stereocenters. The van der Waals surface area contributed by atoms with Gasteiger partial charge in [-0.1, -0.05) is 48.5 Å². The number of hydrogen-bond donors (Lipinski definition) is 2. The van der Waals surface area contributed by atoms with Crippen molar-refractivity contribution < 1.29 is 4.74 Å². The number of methoxy groups -OCH3 is 1. The van der Waals surface area contributed by atoms with Gasteiger partial charge in [-0.05, 0) is 58.4 Å². The summed E-state index contributed by atoms with van der Waals surface area (Å²) in [5, 5.41) is 9.66. The maximum Gasteiger partial charge on any atom is 0.171 e. The number of benzene rings is 3. The molecule has 25 heavy (non-hydrogen) atoms. The minimum Gasteiger partial charge on any atom is -0.497 e. The molecule has 124 valence electrons. The zero-order valence-corrected chi connectivity index (χ0v) is 14.6. The minimum absolute atomic E-state index is 0.0288. The summed E-state index contributed by atoms with van der Waals surface area (Å²) >= 11 is 5.42. The lowest BCUT2D eigenvalue weighted by atomic mass is 10.00. The predicted molar refractivity (Wildman–Crippen MR) is 107 cm³/mol. The highest BCUT2D eigenvalue weighted by Gasteiger charge is 2.18. The molecule has 3 nitrogen and oxygen atoms in total. The number of rotatable bonds is 3. The van der Waals surface area contributed by atoms with Gasteiger partial charge in [-0.2, -0.15) is 0 Å². The summed E-state index contributed by atoms with van der Waals surface area (Å²) in [6, 6.07) is 22.9. The van der Waals surface area contributed by atoms with Crippen LogP contribution in [0.5, 0.6) is 5.75 Å². The zero-order valence-electron chi connectivity index (χ0n) is 13.8. The molecule has 0 unspecified atom stereocenters. The first-order valence-corrected chi connectivity index (χ1v) is 8.56. The molecule has 0 saturated carbocycles. The molecule has 0 aliphatic carbocycles. The molecule has 4 rings (SSSR count). The molecule has 4 heteroatoms. The summed E-state index contributed by atoms with van der Waals surface area (Å²) in [4.78, 5) is 0. The van der Waals surface area contributed by atoms with Crippen LogP contribution in [0.3, 0.4) is 0 Å². The summed E-state index contributed by atoms with van der Waals surface area (Å²) in [5.41, 5.74) is 3.29. The zero-order chi connectivity index (χ0) is 17.2. The van der Waals surface area contributed by atoms with E-state index >= 15 is 0 Å². The van der Waals surface area contributed by atoms with Crippen LogP contribution in [0.1, 0.15) is 17.2 Å². The van der Waals surface area contributed by atoms with Gasteiger partial charge in [-0.3, -0.25) is 0 Å². The third kappa shape index (κ3) is 3.21. The third-order valence-electron chi connectivity index (χ3n) is 4.40. The smallest absolute Gasteiger partial charge is 0.171 e. The van der Waals surface area contributed by atoms with Crippen molar-refractivity contribution in [2.45, 2.75) is 6.04 Å². The van der Waals surface area contributed by atoms with Gasteiger partial charge < -0.3 is 15.4 Å². The maximum absolute atomic E-state index is 5.42. The Labute approximate surface area is 152 Å². The summed E-state index contributed by atoms with van der Waals surface area (Å²) in [5.74, 6) is 0.846. The van der Waals surface area contributed by atoms with Crippen LogP contribution in [0.15, 0.2) is 72.8 Å². The predicted octanol–water partition coefficient (Wildman–Crippen LogP) is 4.41. The van der Waals surface area contributed by atoms with E-state index in [0.717, 1.165) is 22.6 Å². The lowest BCUT2D eigenvalue weighted by molar-refractivity contribution is 0.414. The number of ether oxygens (including phenoxy) is 1. The lowest BCUT2D eigenvalue weighted by Gasteiger charge is -2.26. The van der Waals surface area contributed by atoms with E-state index in [1.807, 2.05) is 12.1 Å². The van der Waals surface area contributed by atoms with E-state index in [2.05, 4.69) is 71.3 Å². The van der Waals surface area contributed by atoms with E-state index in [0.29, 0.717) is 5.11 Å². The Morgan fingerprint density at radius 3 is 2.44 bits per heavy atom. The van der Waals surface area contributed by atoms with Gasteiger partial charge in [0, 0.05) is 5.70 Å². The molecule has 0 fully saturated rings. The summed E-state index contributed by atoms with van der Waals surface area (Å²) in [7, 11) is 1.67. The quantitative estimate of drug-likeness (QED) is 0.688. The van der Waals surface area contributed by atoms with Crippen LogP contribution in [-0.4, -0.2) is 12.2 Å². The molecular formula is C21H18N2OS. The highest BCUT2D eigenvalue weighted by atomic mass is 32.1. The maximum atomic E-state index is 5.42. The third-order valence-corrected chi connectivity index (χ3v) is 4.62. The fourth-order valence-corrected chi connectivity index (χ4v) is 3.30. The van der Waals surface area contributed by atoms with Crippen LogP contribution >= 0.6 is 12.2 Å². The fraction of sp³-hybridized carbons (Fsp3) is 0.0952. The van der Waals surface area contributed by atoms with E-state index in [-0.39, 0.29) is 6.04 Å². The first kappa shape index (κ1) is 15.7. The topological polar surface area (TPSA) is 33.3 Å². The Balaban J connectivity index is 1.71. The molecule has 0 radical (unpaired) electrons. The van der Waals surface area contributed by atoms with Crippen molar-refractivity contribution in [3.05, 3.63) is 83.9 Å². The molecule has 3 aromatic rings. The molecule has 0 amide bonds. The largest absolute Gasteiger partial charge is 0.497 e. The average molecular weight is 346 g/mol. The standard InChI is InChI=1S/C21H18N2OS/c1-24-18-10-8-15(9-11-18)19-13-20(23-21(25)22-19)17-7-6-14-4-2-3-5-16(14)12-17/h2-13,19H,1H3,(H2,22,23,25)/t19-/m0/s1. The van der Waals surface area contributed by atoms with Crippen molar-refractivity contribution in [1.29, 1.82) is 0 Å². The molecular weight excluding hydrogens is 328 g/mol. The Kier molecular flexibility index (Phi) is 4.12. The molecule has 0 bridgehead atoms. The number of hydrogen-bond acceptors (Lipinski definition) is 2. The van der Waals surface area contributed by atoms with E-state index in [4.69, 9.17) is 17.0 Å². The molecule has 2 N–H and O–H groups in total. The second kappa shape index (κ2) is 6.57. The molecule has 0 saturated heterocycles. The molecule has 1 aliphatic heterocycles. The van der Waals surface area contributed by atoms with Crippen LogP contribution in [-0.2, 0) is 0 Å². The first-order valence-electron chi connectivity index (χ1n) is 8.15. The van der Waals surface area contributed by atoms with Crippen molar-refractivity contribution in [3.63, 3.8) is 0 Å². The fourth-order valence-electron chi connectivity index (χ4n) is 3.07. The van der Waals surface area contributed by atoms with Crippen molar-refractivity contribution in [2.75, 3.05) is 7.11 Å². The number of nitrogens with one attached hydrogen (secondary N) is 2. The van der Waals surface area contributed by atoms with Gasteiger partial charge in [0.25, 0.3) is 0 Å². The van der Waals surface area contributed by atoms with Crippen LogP contribution in [0, 0.1) is 0 Å². The highest BCUT2D eigenvalue weighted by molar-refractivity contribution is 7.80. The van der Waals surface area contributed by atoms with E-state index in [1.165, 1.54) is 10.8 Å². The Morgan fingerprint density at radius 1 is 0.920 bits per heavy atom. The first-order chi connectivity index (χ1) is 12.2. The van der Waals surface area contributed by atoms with E-state index in [9.17, 15) is 0 Å². The van der Waals surface area contributed by atoms with Gasteiger partial charge in [0.2, 0.25) is 0 Å². The number of fused-ring (bicyclic) bond motifs is 1. The molecule has 3 aromatic carbocycles. The Bertz CT molecular complexity index is 963. The van der Waals surface area contributed by atoms with Gasteiger partial charge in [-0.15, -0.1) is 0 Å². The van der Waals surface area contributed by atoms with E-state index in [1.54, 1.807) is 7.11 Å². The van der Waals surface area contributed by atoms with E-state index < -0.39 is 0 Å². The second-order valence-electron chi connectivity index (χ2n) is 5.99. The number of thiocarbonyl (C=S) groups is 1. The SMILES string of the molecule is COc1ccc([C@@H]2C=C(c3ccc4ccccc4c3)NC(=S)N2)cc1. The summed E-state index contributed by atoms with van der Waals surface area (Å²) in [6.07, 6.45) is 2.17. The molecule has 1 aliphatic rings. The molecule has 0 aromatic heterocycles. The average Bonchev–Trinajstić information content (AvgIpc) is 2.67. The molecule has 1 heterocycles. The second-order valence-corrected chi connectivity index (χ2v) is 6.40. The Hall–Kier alpha value is -2.85. The van der Waals surface area contributed by atoms with Crippen LogP contribution in [0.4, 0.5) is 0 Å². The minimum atomic E-state index is 0.0288. The van der Waals surface area contributed by atoms with Gasteiger partial charge >= 0.3 is 0 Å². The van der Waals surface area contributed by atoms with Crippen LogP contribution in [0.2, 0.25) is 0 Å². The summed E-state index contributed by atoms with van der Waals surface area (Å²) < 4.78 is 5.24. The van der Waals surface area contributed by atoms with Gasteiger partial charge in [0.05, 0.1) is 13.2 Å². The molecule has 0 spiro atoms. The monoisotopic (exact) mass is 346 g/mol. The van der Waals surface area contributed by atoms with Gasteiger partial charge in [0.1, 0.15) is 5.75 Å².